The highest BCUT2D eigenvalue weighted by Gasteiger charge is 2.29. The van der Waals surface area contributed by atoms with Gasteiger partial charge in [0.2, 0.25) is 5.91 Å². The zero-order valence-electron chi connectivity index (χ0n) is 22.3. The topological polar surface area (TPSA) is 110 Å². The SMILES string of the molecule is COc1ccccc1CCC(=O)NCC(C(=O)CCSc1nc2ccccc2s1)C(N)c1c[nH]c2ccccc12. The number of hydrogen-bond donors (Lipinski definition) is 3. The van der Waals surface area contributed by atoms with Crippen molar-refractivity contribution in [2.45, 2.75) is 29.6 Å². The normalized spacial score (nSPS) is 12.8. The summed E-state index contributed by atoms with van der Waals surface area (Å²) in [7, 11) is 1.62. The molecule has 2 aromatic heterocycles. The Hall–Kier alpha value is -3.66. The Balaban J connectivity index is 1.25. The van der Waals surface area contributed by atoms with Crippen molar-refractivity contribution in [2.24, 2.45) is 11.7 Å². The second kappa shape index (κ2) is 13.1. The average Bonchev–Trinajstić information content (AvgIpc) is 3.60. The van der Waals surface area contributed by atoms with Crippen LogP contribution in [-0.4, -0.2) is 41.1 Å². The lowest BCUT2D eigenvalue weighted by atomic mass is 9.88. The van der Waals surface area contributed by atoms with Crippen molar-refractivity contribution in [3.63, 3.8) is 0 Å². The van der Waals surface area contributed by atoms with Gasteiger partial charge in [-0.2, -0.15) is 0 Å². The number of nitrogens with two attached hydrogens (primary N) is 1. The van der Waals surface area contributed by atoms with Crippen LogP contribution in [0.2, 0.25) is 0 Å². The van der Waals surface area contributed by atoms with E-state index in [9.17, 15) is 9.59 Å². The molecule has 7 nitrogen and oxygen atoms in total. The maximum atomic E-state index is 13.6. The van der Waals surface area contributed by atoms with Gasteiger partial charge in [0.15, 0.2) is 4.34 Å². The number of H-pyrrole nitrogens is 1. The Kier molecular flexibility index (Phi) is 9.15. The number of rotatable bonds is 13. The van der Waals surface area contributed by atoms with Gasteiger partial charge >= 0.3 is 0 Å². The Morgan fingerprint density at radius 1 is 1.05 bits per heavy atom. The number of aromatic amines is 1. The summed E-state index contributed by atoms with van der Waals surface area (Å²) >= 11 is 3.21. The third-order valence-electron chi connectivity index (χ3n) is 7.01. The number of fused-ring (bicyclic) bond motifs is 2. The van der Waals surface area contributed by atoms with E-state index < -0.39 is 12.0 Å². The number of nitrogens with one attached hydrogen (secondary N) is 2. The van der Waals surface area contributed by atoms with Crippen LogP contribution in [0.15, 0.2) is 83.3 Å². The first kappa shape index (κ1) is 27.9. The van der Waals surface area contributed by atoms with Crippen LogP contribution in [0.25, 0.3) is 21.1 Å². The summed E-state index contributed by atoms with van der Waals surface area (Å²) in [6.45, 7) is 0.177. The Labute approximate surface area is 241 Å². The van der Waals surface area contributed by atoms with E-state index in [-0.39, 0.29) is 24.7 Å². The number of aryl methyl sites for hydroxylation is 1. The maximum absolute atomic E-state index is 13.6. The minimum Gasteiger partial charge on any atom is -0.496 e. The smallest absolute Gasteiger partial charge is 0.220 e. The van der Waals surface area contributed by atoms with Crippen LogP contribution in [0.3, 0.4) is 0 Å². The van der Waals surface area contributed by atoms with E-state index in [2.05, 4.69) is 21.4 Å². The van der Waals surface area contributed by atoms with Gasteiger partial charge in [0.05, 0.1) is 23.2 Å². The van der Waals surface area contributed by atoms with E-state index in [4.69, 9.17) is 10.5 Å². The zero-order valence-corrected chi connectivity index (χ0v) is 23.9. The average molecular weight is 573 g/mol. The van der Waals surface area contributed by atoms with Crippen LogP contribution in [0.4, 0.5) is 0 Å². The summed E-state index contributed by atoms with van der Waals surface area (Å²) < 4.78 is 7.47. The van der Waals surface area contributed by atoms with Crippen LogP contribution >= 0.6 is 23.1 Å². The summed E-state index contributed by atoms with van der Waals surface area (Å²) in [5, 5.41) is 3.97. The minimum absolute atomic E-state index is 0.0245. The molecule has 9 heteroatoms. The van der Waals surface area contributed by atoms with Crippen molar-refractivity contribution < 1.29 is 14.3 Å². The number of ether oxygens (including phenoxy) is 1. The third-order valence-corrected chi connectivity index (χ3v) is 9.19. The van der Waals surface area contributed by atoms with Crippen molar-refractivity contribution in [1.29, 1.82) is 0 Å². The number of methoxy groups -OCH3 is 1. The molecule has 0 radical (unpaired) electrons. The standard InChI is InChI=1S/C31H32N4O3S2/c1-38-27-12-6-2-8-20(27)14-15-29(37)34-19-23(30(32)22-18-33-24-10-4-3-9-21(22)24)26(36)16-17-39-31-35-25-11-5-7-13-28(25)40-31/h2-13,18,23,30,33H,14-17,19,32H2,1H3,(H,34,37). The number of hydrogen-bond acceptors (Lipinski definition) is 7. The molecule has 206 valence electrons. The fourth-order valence-electron chi connectivity index (χ4n) is 4.83. The summed E-state index contributed by atoms with van der Waals surface area (Å²) in [5.41, 5.74) is 10.5. The van der Waals surface area contributed by atoms with Crippen LogP contribution in [-0.2, 0) is 16.0 Å². The number of aromatic nitrogens is 2. The van der Waals surface area contributed by atoms with Crippen LogP contribution in [0.5, 0.6) is 5.75 Å². The number of ketones is 1. The van der Waals surface area contributed by atoms with Gasteiger partial charge in [-0.1, -0.05) is 60.3 Å². The van der Waals surface area contributed by atoms with Gasteiger partial charge < -0.3 is 20.8 Å². The number of amides is 1. The van der Waals surface area contributed by atoms with Crippen molar-refractivity contribution >= 4 is 55.9 Å². The molecule has 5 rings (SSSR count). The van der Waals surface area contributed by atoms with Gasteiger partial charge in [-0.3, -0.25) is 9.59 Å². The molecule has 0 aliphatic rings. The van der Waals surface area contributed by atoms with Crippen molar-refractivity contribution in [3.8, 4) is 5.75 Å². The summed E-state index contributed by atoms with van der Waals surface area (Å²) in [6, 6.07) is 23.0. The minimum atomic E-state index is -0.564. The molecular formula is C31H32N4O3S2. The van der Waals surface area contributed by atoms with E-state index in [1.54, 1.807) is 30.2 Å². The zero-order chi connectivity index (χ0) is 27.9. The Morgan fingerprint density at radius 3 is 2.67 bits per heavy atom. The molecule has 0 bridgehead atoms. The quantitative estimate of drug-likeness (QED) is 0.152. The highest BCUT2D eigenvalue weighted by atomic mass is 32.2. The van der Waals surface area contributed by atoms with E-state index in [0.29, 0.717) is 18.6 Å². The van der Waals surface area contributed by atoms with Gasteiger partial charge in [-0.05, 0) is 41.8 Å². The number of nitrogens with zero attached hydrogens (tertiary/aromatic N) is 1. The van der Waals surface area contributed by atoms with Gasteiger partial charge in [0.1, 0.15) is 11.5 Å². The maximum Gasteiger partial charge on any atom is 0.220 e. The van der Waals surface area contributed by atoms with Crippen LogP contribution in [0, 0.1) is 5.92 Å². The number of thiazole rings is 1. The summed E-state index contributed by atoms with van der Waals surface area (Å²) in [4.78, 5) is 34.3. The van der Waals surface area contributed by atoms with E-state index >= 15 is 0 Å². The Morgan fingerprint density at radius 2 is 1.82 bits per heavy atom. The second-order valence-corrected chi connectivity index (χ2v) is 11.9. The molecule has 0 fully saturated rings. The number of benzene rings is 3. The number of thioether (sulfide) groups is 1. The summed E-state index contributed by atoms with van der Waals surface area (Å²) in [5.74, 6) is 0.688. The van der Waals surface area contributed by atoms with E-state index in [1.165, 1.54) is 0 Å². The van der Waals surface area contributed by atoms with Crippen molar-refractivity contribution in [1.82, 2.24) is 15.3 Å². The molecule has 5 aromatic rings. The molecule has 0 saturated heterocycles. The number of carbonyl (C=O) groups excluding carboxylic acids is 2. The molecule has 2 unspecified atom stereocenters. The molecule has 2 heterocycles. The number of carbonyl (C=O) groups is 2. The van der Waals surface area contributed by atoms with Gasteiger partial charge in [-0.15, -0.1) is 11.3 Å². The first-order valence-electron chi connectivity index (χ1n) is 13.2. The van der Waals surface area contributed by atoms with Crippen molar-refractivity contribution in [3.05, 3.63) is 90.1 Å². The van der Waals surface area contributed by atoms with E-state index in [0.717, 1.165) is 42.3 Å². The van der Waals surface area contributed by atoms with Gasteiger partial charge in [0, 0.05) is 48.3 Å². The Bertz CT molecular complexity index is 1580. The highest BCUT2D eigenvalue weighted by Crippen LogP contribution is 2.32. The fraction of sp³-hybridized carbons (Fsp3) is 0.258. The number of para-hydroxylation sites is 3. The fourth-order valence-corrected chi connectivity index (χ4v) is 6.93. The molecule has 0 aliphatic heterocycles. The highest BCUT2D eigenvalue weighted by molar-refractivity contribution is 8.01. The lowest BCUT2D eigenvalue weighted by molar-refractivity contribution is -0.124. The predicted octanol–water partition coefficient (Wildman–Crippen LogP) is 5.90. The lowest BCUT2D eigenvalue weighted by Gasteiger charge is -2.23. The third kappa shape index (κ3) is 6.55. The molecule has 40 heavy (non-hydrogen) atoms. The molecule has 0 spiro atoms. The first-order valence-corrected chi connectivity index (χ1v) is 15.0. The molecule has 3 aromatic carbocycles. The summed E-state index contributed by atoms with van der Waals surface area (Å²) in [6.07, 6.45) is 3.03. The predicted molar refractivity (Wildman–Crippen MR) is 163 cm³/mol. The van der Waals surface area contributed by atoms with Gasteiger partial charge in [-0.25, -0.2) is 4.98 Å². The molecule has 4 N–H and O–H groups in total. The monoisotopic (exact) mass is 572 g/mol. The lowest BCUT2D eigenvalue weighted by Crippen LogP contribution is -2.39. The van der Waals surface area contributed by atoms with E-state index in [1.807, 2.05) is 72.9 Å². The second-order valence-electron chi connectivity index (χ2n) is 9.55. The largest absolute Gasteiger partial charge is 0.496 e. The number of Topliss-reactive ketones (excluding diaryl/α,β-unsaturated/α-hetero) is 1. The first-order chi connectivity index (χ1) is 19.5. The van der Waals surface area contributed by atoms with Crippen molar-refractivity contribution in [2.75, 3.05) is 19.4 Å². The molecule has 0 aliphatic carbocycles. The molecule has 2 atom stereocenters. The molecule has 1 amide bonds. The molecule has 0 saturated carbocycles. The van der Waals surface area contributed by atoms with Crippen LogP contribution < -0.4 is 15.8 Å². The van der Waals surface area contributed by atoms with Gasteiger partial charge in [0.25, 0.3) is 0 Å². The van der Waals surface area contributed by atoms with Crippen LogP contribution in [0.1, 0.15) is 30.0 Å². The molecular weight excluding hydrogens is 541 g/mol.